The largest absolute Gasteiger partial charge is 0.356 e. The standard InChI is InChI=1S/C20H36N8O/c1-4-25-9-11-26(12-10-25)8-6-5-7-22-20(21-2)27-13-14-28(19(29)17-27)18-15-23-24(3)16-18/h15-16H,4-14,17H2,1-3H3,(H,21,22). The molecule has 2 aliphatic rings. The third-order valence-corrected chi connectivity index (χ3v) is 5.83. The van der Waals surface area contributed by atoms with Crippen molar-refractivity contribution in [2.45, 2.75) is 19.8 Å². The number of carbonyl (C=O) groups is 1. The van der Waals surface area contributed by atoms with Crippen LogP contribution >= 0.6 is 0 Å². The molecule has 0 radical (unpaired) electrons. The number of nitrogens with zero attached hydrogens (tertiary/aromatic N) is 7. The number of hydrogen-bond acceptors (Lipinski definition) is 5. The van der Waals surface area contributed by atoms with Gasteiger partial charge in [-0.2, -0.15) is 5.10 Å². The Balaban J connectivity index is 1.35. The van der Waals surface area contributed by atoms with Gasteiger partial charge in [-0.15, -0.1) is 0 Å². The molecule has 162 valence electrons. The van der Waals surface area contributed by atoms with Crippen LogP contribution in [0.25, 0.3) is 0 Å². The van der Waals surface area contributed by atoms with E-state index >= 15 is 0 Å². The van der Waals surface area contributed by atoms with Crippen molar-refractivity contribution in [2.75, 3.05) is 77.4 Å². The molecular weight excluding hydrogens is 368 g/mol. The minimum atomic E-state index is 0.0819. The number of likely N-dealkylation sites (N-methyl/N-ethyl adjacent to an activating group) is 1. The van der Waals surface area contributed by atoms with E-state index in [-0.39, 0.29) is 5.91 Å². The Morgan fingerprint density at radius 3 is 2.52 bits per heavy atom. The summed E-state index contributed by atoms with van der Waals surface area (Å²) < 4.78 is 1.72. The first-order chi connectivity index (χ1) is 14.1. The van der Waals surface area contributed by atoms with Gasteiger partial charge in [-0.25, -0.2) is 0 Å². The van der Waals surface area contributed by atoms with Gasteiger partial charge < -0.3 is 24.9 Å². The number of aryl methyl sites for hydroxylation is 1. The molecule has 0 unspecified atom stereocenters. The number of amides is 1. The fourth-order valence-electron chi connectivity index (χ4n) is 4.00. The highest BCUT2D eigenvalue weighted by atomic mass is 16.2. The fraction of sp³-hybridized carbons (Fsp3) is 0.750. The number of aromatic nitrogens is 2. The predicted octanol–water partition coefficient (Wildman–Crippen LogP) is 0.0618. The van der Waals surface area contributed by atoms with E-state index in [4.69, 9.17) is 0 Å². The smallest absolute Gasteiger partial charge is 0.246 e. The zero-order valence-corrected chi connectivity index (χ0v) is 18.2. The Labute approximate surface area is 174 Å². The molecule has 0 bridgehead atoms. The van der Waals surface area contributed by atoms with Gasteiger partial charge in [0.15, 0.2) is 5.96 Å². The molecule has 0 spiro atoms. The summed E-state index contributed by atoms with van der Waals surface area (Å²) in [4.78, 5) is 25.9. The number of piperazine rings is 2. The summed E-state index contributed by atoms with van der Waals surface area (Å²) >= 11 is 0. The van der Waals surface area contributed by atoms with Crippen molar-refractivity contribution in [2.24, 2.45) is 12.0 Å². The Bertz CT molecular complexity index is 680. The highest BCUT2D eigenvalue weighted by Gasteiger charge is 2.27. The van der Waals surface area contributed by atoms with E-state index in [9.17, 15) is 4.79 Å². The summed E-state index contributed by atoms with van der Waals surface area (Å²) in [5, 5.41) is 7.60. The van der Waals surface area contributed by atoms with Gasteiger partial charge in [0, 0.05) is 66.1 Å². The molecule has 1 aromatic heterocycles. The maximum absolute atomic E-state index is 12.6. The Morgan fingerprint density at radius 2 is 1.90 bits per heavy atom. The molecule has 0 atom stereocenters. The quantitative estimate of drug-likeness (QED) is 0.394. The summed E-state index contributed by atoms with van der Waals surface area (Å²) in [6, 6.07) is 0. The summed E-state index contributed by atoms with van der Waals surface area (Å²) in [5.41, 5.74) is 0.861. The highest BCUT2D eigenvalue weighted by molar-refractivity contribution is 5.98. The fourth-order valence-corrected chi connectivity index (χ4v) is 4.00. The minimum Gasteiger partial charge on any atom is -0.356 e. The molecule has 2 aliphatic heterocycles. The number of carbonyl (C=O) groups excluding carboxylic acids is 1. The lowest BCUT2D eigenvalue weighted by Crippen LogP contribution is -2.55. The van der Waals surface area contributed by atoms with E-state index < -0.39 is 0 Å². The number of rotatable bonds is 7. The lowest BCUT2D eigenvalue weighted by Gasteiger charge is -2.35. The minimum absolute atomic E-state index is 0.0819. The molecule has 29 heavy (non-hydrogen) atoms. The molecule has 0 aromatic carbocycles. The van der Waals surface area contributed by atoms with Crippen LogP contribution in [0, 0.1) is 0 Å². The molecule has 2 fully saturated rings. The summed E-state index contributed by atoms with van der Waals surface area (Å²) in [6.45, 7) is 12.0. The van der Waals surface area contributed by atoms with E-state index in [0.29, 0.717) is 13.1 Å². The second-order valence-electron chi connectivity index (χ2n) is 7.80. The average Bonchev–Trinajstić information content (AvgIpc) is 3.17. The van der Waals surface area contributed by atoms with Crippen LogP contribution in [0.4, 0.5) is 5.69 Å². The van der Waals surface area contributed by atoms with E-state index in [1.165, 1.54) is 39.1 Å². The maximum atomic E-state index is 12.6. The van der Waals surface area contributed by atoms with Crippen molar-refractivity contribution in [3.63, 3.8) is 0 Å². The Kier molecular flexibility index (Phi) is 7.88. The molecule has 9 heteroatoms. The monoisotopic (exact) mass is 404 g/mol. The highest BCUT2D eigenvalue weighted by Crippen LogP contribution is 2.16. The lowest BCUT2D eigenvalue weighted by atomic mass is 10.2. The third kappa shape index (κ3) is 5.93. The van der Waals surface area contributed by atoms with Gasteiger partial charge in [0.1, 0.15) is 6.54 Å². The molecule has 1 N–H and O–H groups in total. The first kappa shape index (κ1) is 21.6. The number of nitrogens with one attached hydrogen (secondary N) is 1. The molecule has 0 aliphatic carbocycles. The summed E-state index contributed by atoms with van der Waals surface area (Å²) in [7, 11) is 3.65. The maximum Gasteiger partial charge on any atom is 0.246 e. The van der Waals surface area contributed by atoms with Crippen molar-refractivity contribution >= 4 is 17.6 Å². The van der Waals surface area contributed by atoms with Crippen LogP contribution < -0.4 is 10.2 Å². The van der Waals surface area contributed by atoms with Crippen molar-refractivity contribution in [1.29, 1.82) is 0 Å². The van der Waals surface area contributed by atoms with Crippen LogP contribution in [0.2, 0.25) is 0 Å². The molecule has 3 rings (SSSR count). The SMILES string of the molecule is CCN1CCN(CCCCNC(=NC)N2CCN(c3cnn(C)c3)C(=O)C2)CC1. The van der Waals surface area contributed by atoms with Crippen LogP contribution in [0.3, 0.4) is 0 Å². The van der Waals surface area contributed by atoms with Crippen LogP contribution in [-0.2, 0) is 11.8 Å². The van der Waals surface area contributed by atoms with E-state index in [1.54, 1.807) is 22.8 Å². The summed E-state index contributed by atoms with van der Waals surface area (Å²) in [6.07, 6.45) is 5.91. The van der Waals surface area contributed by atoms with Crippen molar-refractivity contribution in [1.82, 2.24) is 29.8 Å². The van der Waals surface area contributed by atoms with E-state index in [1.807, 2.05) is 18.1 Å². The third-order valence-electron chi connectivity index (χ3n) is 5.83. The molecule has 1 amide bonds. The molecule has 1 aromatic rings. The average molecular weight is 405 g/mol. The Morgan fingerprint density at radius 1 is 1.14 bits per heavy atom. The number of aliphatic imine (C=N–C) groups is 1. The van der Waals surface area contributed by atoms with Gasteiger partial charge in [0.25, 0.3) is 0 Å². The second kappa shape index (κ2) is 10.6. The molecule has 0 saturated carbocycles. The van der Waals surface area contributed by atoms with Crippen molar-refractivity contribution in [3.8, 4) is 0 Å². The van der Waals surface area contributed by atoms with Gasteiger partial charge in [-0.1, -0.05) is 6.92 Å². The zero-order chi connectivity index (χ0) is 20.6. The number of anilines is 1. The van der Waals surface area contributed by atoms with Gasteiger partial charge in [0.05, 0.1) is 11.9 Å². The molecule has 2 saturated heterocycles. The first-order valence-electron chi connectivity index (χ1n) is 10.8. The van der Waals surface area contributed by atoms with Gasteiger partial charge in [-0.3, -0.25) is 14.5 Å². The van der Waals surface area contributed by atoms with Gasteiger partial charge in [0.2, 0.25) is 5.91 Å². The second-order valence-corrected chi connectivity index (χ2v) is 7.80. The van der Waals surface area contributed by atoms with E-state index in [0.717, 1.165) is 37.7 Å². The Hall–Kier alpha value is -2.13. The number of hydrogen-bond donors (Lipinski definition) is 1. The zero-order valence-electron chi connectivity index (χ0n) is 18.2. The number of guanidine groups is 1. The van der Waals surface area contributed by atoms with E-state index in [2.05, 4.69) is 32.1 Å². The van der Waals surface area contributed by atoms with Crippen LogP contribution in [0.5, 0.6) is 0 Å². The van der Waals surface area contributed by atoms with Crippen molar-refractivity contribution < 1.29 is 4.79 Å². The van der Waals surface area contributed by atoms with Gasteiger partial charge in [-0.05, 0) is 25.9 Å². The van der Waals surface area contributed by atoms with Gasteiger partial charge >= 0.3 is 0 Å². The molecule has 9 nitrogen and oxygen atoms in total. The van der Waals surface area contributed by atoms with Crippen molar-refractivity contribution in [3.05, 3.63) is 12.4 Å². The lowest BCUT2D eigenvalue weighted by molar-refractivity contribution is -0.120. The molecular formula is C20H36N8O. The number of unbranched alkanes of at least 4 members (excludes halogenated alkanes) is 1. The predicted molar refractivity (Wildman–Crippen MR) is 116 cm³/mol. The van der Waals surface area contributed by atoms with Crippen LogP contribution in [-0.4, -0.2) is 109 Å². The first-order valence-corrected chi connectivity index (χ1v) is 10.8. The topological polar surface area (TPSA) is 72.2 Å². The normalized spacial score (nSPS) is 19.8. The van der Waals surface area contributed by atoms with Crippen LogP contribution in [0.1, 0.15) is 19.8 Å². The summed E-state index contributed by atoms with van der Waals surface area (Å²) in [5.74, 6) is 0.902. The van der Waals surface area contributed by atoms with Crippen LogP contribution in [0.15, 0.2) is 17.4 Å². The molecule has 3 heterocycles.